The van der Waals surface area contributed by atoms with Gasteiger partial charge in [0.2, 0.25) is 0 Å². The minimum atomic E-state index is -1.48. The number of hydrogen-bond acceptors (Lipinski definition) is 4. The summed E-state index contributed by atoms with van der Waals surface area (Å²) >= 11 is 0. The van der Waals surface area contributed by atoms with Crippen molar-refractivity contribution in [3.63, 3.8) is 0 Å². The standard InChI is InChI=1S/C27H31NO4Si/c1-31-25-15-13-21(14-16-25)18-23-20-24(29)19-22(10-8-9-17-33(2,3)4)28(23)27(30)32-26-11-6-5-7-12-26/h5-7,11-16,19,23H,8,10,18,20H2,1-4H3. The summed E-state index contributed by atoms with van der Waals surface area (Å²) in [5, 5.41) is 0. The number of benzene rings is 2. The van der Waals surface area contributed by atoms with Crippen LogP contribution < -0.4 is 9.47 Å². The molecule has 1 aliphatic rings. The fourth-order valence-electron chi connectivity index (χ4n) is 3.69. The summed E-state index contributed by atoms with van der Waals surface area (Å²) in [6, 6.07) is 16.4. The van der Waals surface area contributed by atoms with Gasteiger partial charge in [0, 0.05) is 24.6 Å². The predicted octanol–water partition coefficient (Wildman–Crippen LogP) is 5.63. The molecule has 33 heavy (non-hydrogen) atoms. The fourth-order valence-corrected chi connectivity index (χ4v) is 4.34. The number of para-hydroxylation sites is 1. The van der Waals surface area contributed by atoms with Gasteiger partial charge in [-0.1, -0.05) is 50.0 Å². The maximum Gasteiger partial charge on any atom is 0.419 e. The number of ketones is 1. The first-order valence-corrected chi connectivity index (χ1v) is 14.7. The molecule has 5 nitrogen and oxygen atoms in total. The van der Waals surface area contributed by atoms with Gasteiger partial charge in [-0.25, -0.2) is 4.79 Å². The molecule has 1 amide bonds. The highest BCUT2D eigenvalue weighted by atomic mass is 28.3. The molecule has 0 fully saturated rings. The second-order valence-corrected chi connectivity index (χ2v) is 13.9. The number of rotatable bonds is 6. The smallest absolute Gasteiger partial charge is 0.419 e. The lowest BCUT2D eigenvalue weighted by molar-refractivity contribution is -0.116. The number of methoxy groups -OCH3 is 1. The predicted molar refractivity (Wildman–Crippen MR) is 133 cm³/mol. The number of hydrogen-bond donors (Lipinski definition) is 0. The van der Waals surface area contributed by atoms with Crippen LogP contribution >= 0.6 is 0 Å². The van der Waals surface area contributed by atoms with Gasteiger partial charge in [-0.15, -0.1) is 11.5 Å². The van der Waals surface area contributed by atoms with Crippen molar-refractivity contribution in [1.82, 2.24) is 4.90 Å². The Morgan fingerprint density at radius 2 is 1.76 bits per heavy atom. The van der Waals surface area contributed by atoms with Crippen LogP contribution in [0.25, 0.3) is 0 Å². The average molecular weight is 462 g/mol. The van der Waals surface area contributed by atoms with Crippen LogP contribution in [0.2, 0.25) is 19.6 Å². The van der Waals surface area contributed by atoms with Crippen molar-refractivity contribution < 1.29 is 19.1 Å². The van der Waals surface area contributed by atoms with Gasteiger partial charge in [-0.3, -0.25) is 9.69 Å². The summed E-state index contributed by atoms with van der Waals surface area (Å²) in [4.78, 5) is 27.5. The van der Waals surface area contributed by atoms with Gasteiger partial charge in [0.1, 0.15) is 19.6 Å². The van der Waals surface area contributed by atoms with Crippen LogP contribution in [0.15, 0.2) is 66.4 Å². The third-order valence-corrected chi connectivity index (χ3v) is 6.11. The van der Waals surface area contributed by atoms with Gasteiger partial charge in [0.15, 0.2) is 5.78 Å². The topological polar surface area (TPSA) is 55.8 Å². The van der Waals surface area contributed by atoms with Crippen molar-refractivity contribution in [1.29, 1.82) is 0 Å². The van der Waals surface area contributed by atoms with Crippen LogP contribution in [0.3, 0.4) is 0 Å². The molecule has 0 bridgehead atoms. The molecule has 172 valence electrons. The van der Waals surface area contributed by atoms with E-state index >= 15 is 0 Å². The zero-order valence-corrected chi connectivity index (χ0v) is 20.8. The van der Waals surface area contributed by atoms with E-state index in [9.17, 15) is 9.59 Å². The molecule has 0 saturated carbocycles. The maximum absolute atomic E-state index is 13.3. The second-order valence-electron chi connectivity index (χ2n) is 9.11. The maximum atomic E-state index is 13.3. The Kier molecular flexibility index (Phi) is 8.13. The van der Waals surface area contributed by atoms with E-state index in [4.69, 9.17) is 9.47 Å². The Bertz CT molecular complexity index is 1060. The minimum Gasteiger partial charge on any atom is -0.497 e. The van der Waals surface area contributed by atoms with Crippen LogP contribution in [0.4, 0.5) is 4.79 Å². The Morgan fingerprint density at radius 1 is 1.06 bits per heavy atom. The first-order valence-electron chi connectivity index (χ1n) is 11.2. The van der Waals surface area contributed by atoms with Crippen molar-refractivity contribution in [2.45, 2.75) is 51.4 Å². The zero-order chi connectivity index (χ0) is 23.8. The Labute approximate surface area is 197 Å². The highest BCUT2D eigenvalue weighted by Gasteiger charge is 2.34. The first-order chi connectivity index (χ1) is 15.7. The molecule has 0 aliphatic carbocycles. The number of amides is 1. The third kappa shape index (κ3) is 7.37. The van der Waals surface area contributed by atoms with E-state index in [0.717, 1.165) is 11.3 Å². The average Bonchev–Trinajstić information content (AvgIpc) is 2.77. The fraction of sp³-hybridized carbons (Fsp3) is 0.333. The lowest BCUT2D eigenvalue weighted by atomic mass is 9.94. The second kappa shape index (κ2) is 11.0. The Balaban J connectivity index is 1.85. The summed E-state index contributed by atoms with van der Waals surface area (Å²) in [5.74, 6) is 4.50. The van der Waals surface area contributed by atoms with Gasteiger partial charge < -0.3 is 9.47 Å². The number of allylic oxidation sites excluding steroid dienone is 2. The SMILES string of the molecule is COc1ccc(CC2CC(=O)C=C(CCC#C[Si](C)(C)C)N2C(=O)Oc2ccccc2)cc1. The number of nitrogens with zero attached hydrogens (tertiary/aromatic N) is 1. The molecule has 1 aliphatic heterocycles. The molecule has 1 unspecified atom stereocenters. The monoisotopic (exact) mass is 461 g/mol. The van der Waals surface area contributed by atoms with Gasteiger partial charge in [-0.2, -0.15) is 0 Å². The van der Waals surface area contributed by atoms with E-state index in [1.165, 1.54) is 0 Å². The molecule has 3 rings (SSSR count). The van der Waals surface area contributed by atoms with Crippen LogP contribution in [0.5, 0.6) is 11.5 Å². The molecule has 1 heterocycles. The molecular formula is C27H31NO4Si. The van der Waals surface area contributed by atoms with Crippen LogP contribution in [0, 0.1) is 11.5 Å². The molecule has 2 aromatic rings. The van der Waals surface area contributed by atoms with Crippen molar-refractivity contribution in [2.75, 3.05) is 7.11 Å². The lowest BCUT2D eigenvalue weighted by Crippen LogP contribution is -2.46. The lowest BCUT2D eigenvalue weighted by Gasteiger charge is -2.35. The minimum absolute atomic E-state index is 0.0189. The number of carbonyl (C=O) groups excluding carboxylic acids is 2. The van der Waals surface area contributed by atoms with E-state index in [0.29, 0.717) is 30.7 Å². The van der Waals surface area contributed by atoms with Crippen LogP contribution in [-0.4, -0.2) is 38.0 Å². The van der Waals surface area contributed by atoms with E-state index in [1.807, 2.05) is 42.5 Å². The van der Waals surface area contributed by atoms with Gasteiger partial charge in [-0.05, 0) is 42.7 Å². The molecule has 1 atom stereocenters. The van der Waals surface area contributed by atoms with E-state index in [1.54, 1.807) is 30.2 Å². The van der Waals surface area contributed by atoms with E-state index in [2.05, 4.69) is 31.1 Å². The van der Waals surface area contributed by atoms with E-state index < -0.39 is 14.2 Å². The molecule has 0 aromatic heterocycles. The normalized spacial score (nSPS) is 15.9. The Morgan fingerprint density at radius 3 is 2.39 bits per heavy atom. The van der Waals surface area contributed by atoms with Gasteiger partial charge >= 0.3 is 6.09 Å². The van der Waals surface area contributed by atoms with Crippen LogP contribution in [0.1, 0.15) is 24.8 Å². The Hall–Kier alpha value is -3.30. The van der Waals surface area contributed by atoms with Crippen LogP contribution in [-0.2, 0) is 11.2 Å². The number of carbonyl (C=O) groups is 2. The highest BCUT2D eigenvalue weighted by Crippen LogP contribution is 2.28. The van der Waals surface area contributed by atoms with Crippen molar-refractivity contribution in [3.8, 4) is 23.0 Å². The largest absolute Gasteiger partial charge is 0.497 e. The van der Waals surface area contributed by atoms with E-state index in [-0.39, 0.29) is 18.2 Å². The molecular weight excluding hydrogens is 430 g/mol. The quantitative estimate of drug-likeness (QED) is 0.414. The number of ether oxygens (including phenoxy) is 2. The summed E-state index contributed by atoms with van der Waals surface area (Å²) in [5.41, 5.74) is 5.03. The van der Waals surface area contributed by atoms with Gasteiger partial charge in [0.05, 0.1) is 13.2 Å². The van der Waals surface area contributed by atoms with Crippen molar-refractivity contribution in [2.24, 2.45) is 0 Å². The molecule has 0 radical (unpaired) electrons. The summed E-state index contributed by atoms with van der Waals surface area (Å²) in [6.07, 6.45) is 3.00. The molecule has 6 heteroatoms. The highest BCUT2D eigenvalue weighted by molar-refractivity contribution is 6.83. The van der Waals surface area contributed by atoms with Crippen molar-refractivity contribution >= 4 is 20.0 Å². The summed E-state index contributed by atoms with van der Waals surface area (Å²) in [6.45, 7) is 6.58. The molecule has 2 aromatic carbocycles. The molecule has 0 saturated heterocycles. The third-order valence-electron chi connectivity index (χ3n) is 5.18. The van der Waals surface area contributed by atoms with Crippen molar-refractivity contribution in [3.05, 3.63) is 71.9 Å². The zero-order valence-electron chi connectivity index (χ0n) is 19.8. The molecule has 0 spiro atoms. The summed E-state index contributed by atoms with van der Waals surface area (Å²) < 4.78 is 10.9. The van der Waals surface area contributed by atoms with Gasteiger partial charge in [0.25, 0.3) is 0 Å². The first kappa shape index (κ1) is 24.3. The summed E-state index contributed by atoms with van der Waals surface area (Å²) in [7, 11) is 0.141. The molecule has 0 N–H and O–H groups in total.